The van der Waals surface area contributed by atoms with E-state index in [4.69, 9.17) is 5.11 Å². The van der Waals surface area contributed by atoms with Gasteiger partial charge in [-0.15, -0.1) is 0 Å². The maximum absolute atomic E-state index is 11.8. The Balaban J connectivity index is 2.33. The highest BCUT2D eigenvalue weighted by molar-refractivity contribution is 7.87. The third kappa shape index (κ3) is 4.91. The predicted octanol–water partition coefficient (Wildman–Crippen LogP) is 0.571. The summed E-state index contributed by atoms with van der Waals surface area (Å²) in [5, 5.41) is 8.67. The van der Waals surface area contributed by atoms with E-state index in [1.807, 2.05) is 0 Å². The first-order valence-electron chi connectivity index (χ1n) is 6.27. The summed E-state index contributed by atoms with van der Waals surface area (Å²) in [4.78, 5) is 0. The van der Waals surface area contributed by atoms with Crippen LogP contribution in [0.15, 0.2) is 0 Å². The highest BCUT2D eigenvalue weighted by Crippen LogP contribution is 2.29. The largest absolute Gasteiger partial charge is 0.396 e. The van der Waals surface area contributed by atoms with Crippen molar-refractivity contribution in [2.45, 2.75) is 32.6 Å². The molecule has 0 amide bonds. The van der Waals surface area contributed by atoms with Crippen LogP contribution in [0.25, 0.3) is 0 Å². The Hall–Kier alpha value is -0.170. The monoisotopic (exact) mass is 264 g/mol. The first-order valence-corrected chi connectivity index (χ1v) is 7.71. The van der Waals surface area contributed by atoms with Gasteiger partial charge in [-0.2, -0.15) is 12.7 Å². The van der Waals surface area contributed by atoms with Crippen molar-refractivity contribution >= 4 is 10.2 Å². The van der Waals surface area contributed by atoms with Crippen molar-refractivity contribution in [3.05, 3.63) is 0 Å². The van der Waals surface area contributed by atoms with Crippen LogP contribution in [0.4, 0.5) is 0 Å². The molecule has 1 aliphatic rings. The third-order valence-corrected chi connectivity index (χ3v) is 4.93. The zero-order valence-electron chi connectivity index (χ0n) is 10.7. The average molecular weight is 264 g/mol. The van der Waals surface area contributed by atoms with Crippen LogP contribution >= 0.6 is 0 Å². The molecule has 0 radical (unpaired) electrons. The zero-order valence-corrected chi connectivity index (χ0v) is 11.5. The van der Waals surface area contributed by atoms with E-state index in [9.17, 15) is 8.42 Å². The molecular formula is C11H24N2O3S. The minimum atomic E-state index is -3.37. The smallest absolute Gasteiger partial charge is 0.279 e. The summed E-state index contributed by atoms with van der Waals surface area (Å²) >= 11 is 0. The van der Waals surface area contributed by atoms with Crippen molar-refractivity contribution in [1.82, 2.24) is 9.03 Å². The van der Waals surface area contributed by atoms with Crippen molar-refractivity contribution in [3.63, 3.8) is 0 Å². The molecule has 6 heteroatoms. The van der Waals surface area contributed by atoms with Crippen LogP contribution in [0.3, 0.4) is 0 Å². The number of aliphatic hydroxyl groups excluding tert-OH is 1. The quantitative estimate of drug-likeness (QED) is 0.706. The van der Waals surface area contributed by atoms with E-state index in [2.05, 4.69) is 11.6 Å². The summed E-state index contributed by atoms with van der Waals surface area (Å²) in [6.45, 7) is 3.12. The van der Waals surface area contributed by atoms with Gasteiger partial charge in [0.15, 0.2) is 0 Å². The van der Waals surface area contributed by atoms with E-state index in [1.165, 1.54) is 17.8 Å². The van der Waals surface area contributed by atoms with Gasteiger partial charge >= 0.3 is 0 Å². The van der Waals surface area contributed by atoms with Gasteiger partial charge in [-0.1, -0.05) is 13.3 Å². The van der Waals surface area contributed by atoms with E-state index >= 15 is 0 Å². The van der Waals surface area contributed by atoms with Crippen LogP contribution in [0.5, 0.6) is 0 Å². The van der Waals surface area contributed by atoms with Gasteiger partial charge in [0.25, 0.3) is 10.2 Å². The number of nitrogens with zero attached hydrogens (tertiary/aromatic N) is 1. The molecule has 0 saturated heterocycles. The van der Waals surface area contributed by atoms with Gasteiger partial charge in [-0.25, -0.2) is 4.72 Å². The lowest BCUT2D eigenvalue weighted by Gasteiger charge is -2.19. The number of hydrogen-bond acceptors (Lipinski definition) is 3. The Labute approximate surface area is 104 Å². The standard InChI is InChI=1S/C11H24N2O3S/c1-10-4-5-11(8-10)9-12-17(15,16)13(2)6-3-7-14/h10-12,14H,3-9H2,1-2H3. The molecule has 0 aliphatic heterocycles. The molecule has 1 rings (SSSR count). The zero-order chi connectivity index (χ0) is 12.9. The van der Waals surface area contributed by atoms with Crippen molar-refractivity contribution in [1.29, 1.82) is 0 Å². The van der Waals surface area contributed by atoms with Gasteiger partial charge < -0.3 is 5.11 Å². The molecule has 1 aliphatic carbocycles. The Kier molecular flexibility index (Phi) is 5.85. The molecule has 5 nitrogen and oxygen atoms in total. The van der Waals surface area contributed by atoms with Gasteiger partial charge in [0.2, 0.25) is 0 Å². The molecule has 0 spiro atoms. The first-order chi connectivity index (χ1) is 7.95. The lowest BCUT2D eigenvalue weighted by atomic mass is 10.1. The molecule has 0 bridgehead atoms. The molecule has 0 aromatic heterocycles. The van der Waals surface area contributed by atoms with Crippen LogP contribution in [0.1, 0.15) is 32.6 Å². The van der Waals surface area contributed by atoms with E-state index < -0.39 is 10.2 Å². The maximum Gasteiger partial charge on any atom is 0.279 e. The summed E-state index contributed by atoms with van der Waals surface area (Å²) < 4.78 is 27.5. The minimum absolute atomic E-state index is 0.0139. The van der Waals surface area contributed by atoms with Crippen molar-refractivity contribution in [3.8, 4) is 0 Å². The molecule has 17 heavy (non-hydrogen) atoms. The highest BCUT2D eigenvalue weighted by atomic mass is 32.2. The Morgan fingerprint density at radius 1 is 1.41 bits per heavy atom. The Morgan fingerprint density at radius 3 is 2.65 bits per heavy atom. The first kappa shape index (κ1) is 14.9. The fraction of sp³-hybridized carbons (Fsp3) is 1.00. The molecule has 0 aromatic rings. The lowest BCUT2D eigenvalue weighted by molar-refractivity contribution is 0.275. The van der Waals surface area contributed by atoms with Crippen LogP contribution in [-0.4, -0.2) is 44.6 Å². The molecule has 0 aromatic carbocycles. The summed E-state index contributed by atoms with van der Waals surface area (Å²) in [7, 11) is -1.83. The predicted molar refractivity (Wildman–Crippen MR) is 67.8 cm³/mol. The average Bonchev–Trinajstić information content (AvgIpc) is 2.69. The second-order valence-corrected chi connectivity index (χ2v) is 6.90. The van der Waals surface area contributed by atoms with Gasteiger partial charge in [-0.05, 0) is 31.1 Å². The molecule has 2 atom stereocenters. The minimum Gasteiger partial charge on any atom is -0.396 e. The van der Waals surface area contributed by atoms with E-state index in [0.717, 1.165) is 18.8 Å². The summed E-state index contributed by atoms with van der Waals surface area (Å²) in [5.74, 6) is 1.20. The fourth-order valence-corrected chi connectivity index (χ4v) is 3.29. The van der Waals surface area contributed by atoms with Gasteiger partial charge in [0, 0.05) is 26.7 Å². The summed E-state index contributed by atoms with van der Waals surface area (Å²) in [6.07, 6.45) is 3.90. The van der Waals surface area contributed by atoms with Crippen molar-refractivity contribution < 1.29 is 13.5 Å². The molecule has 1 fully saturated rings. The maximum atomic E-state index is 11.8. The Morgan fingerprint density at radius 2 is 2.12 bits per heavy atom. The number of nitrogens with one attached hydrogen (secondary N) is 1. The van der Waals surface area contributed by atoms with Gasteiger partial charge in [0.1, 0.15) is 0 Å². The topological polar surface area (TPSA) is 69.6 Å². The summed E-state index contributed by atoms with van der Waals surface area (Å²) in [5.41, 5.74) is 0. The van der Waals surface area contributed by atoms with Crippen LogP contribution in [-0.2, 0) is 10.2 Å². The lowest BCUT2D eigenvalue weighted by Crippen LogP contribution is -2.40. The third-order valence-electron chi connectivity index (χ3n) is 3.40. The molecule has 0 heterocycles. The molecule has 1 saturated carbocycles. The molecule has 2 unspecified atom stereocenters. The molecule has 2 N–H and O–H groups in total. The number of rotatable bonds is 7. The SMILES string of the molecule is CC1CCC(CNS(=O)(=O)N(C)CCCO)C1. The highest BCUT2D eigenvalue weighted by Gasteiger charge is 2.24. The van der Waals surface area contributed by atoms with E-state index in [1.54, 1.807) is 0 Å². The molecule has 102 valence electrons. The van der Waals surface area contributed by atoms with Crippen molar-refractivity contribution in [2.24, 2.45) is 11.8 Å². The summed E-state index contributed by atoms with van der Waals surface area (Å²) in [6, 6.07) is 0. The van der Waals surface area contributed by atoms with Crippen LogP contribution in [0.2, 0.25) is 0 Å². The fourth-order valence-electron chi connectivity index (χ4n) is 2.26. The normalized spacial score (nSPS) is 25.6. The van der Waals surface area contributed by atoms with Gasteiger partial charge in [0.05, 0.1) is 0 Å². The van der Waals surface area contributed by atoms with Crippen LogP contribution < -0.4 is 4.72 Å². The Bertz CT molecular complexity index is 319. The second kappa shape index (κ2) is 6.68. The van der Waals surface area contributed by atoms with Gasteiger partial charge in [-0.3, -0.25) is 0 Å². The number of aliphatic hydroxyl groups is 1. The van der Waals surface area contributed by atoms with E-state index in [0.29, 0.717) is 25.4 Å². The van der Waals surface area contributed by atoms with Crippen LogP contribution in [0, 0.1) is 11.8 Å². The second-order valence-electron chi connectivity index (χ2n) is 5.04. The molecular weight excluding hydrogens is 240 g/mol. The van der Waals surface area contributed by atoms with E-state index in [-0.39, 0.29) is 6.61 Å². The number of hydrogen-bond donors (Lipinski definition) is 2. The van der Waals surface area contributed by atoms with Crippen molar-refractivity contribution in [2.75, 3.05) is 26.7 Å².